The van der Waals surface area contributed by atoms with Gasteiger partial charge in [-0.25, -0.2) is 8.42 Å². The molecule has 1 aliphatic carbocycles. The number of morpholine rings is 1. The smallest absolute Gasteiger partial charge is 0.214 e. The zero-order valence-electron chi connectivity index (χ0n) is 11.3. The van der Waals surface area contributed by atoms with E-state index in [-0.39, 0.29) is 18.0 Å². The lowest BCUT2D eigenvalue weighted by Gasteiger charge is -2.34. The minimum Gasteiger partial charge on any atom is -0.373 e. The van der Waals surface area contributed by atoms with Crippen molar-refractivity contribution in [3.8, 4) is 0 Å². The summed E-state index contributed by atoms with van der Waals surface area (Å²) in [7, 11) is -3.11. The third-order valence-corrected chi connectivity index (χ3v) is 5.26. The second-order valence-electron chi connectivity index (χ2n) is 5.47. The molecule has 106 valence electrons. The van der Waals surface area contributed by atoms with E-state index >= 15 is 0 Å². The van der Waals surface area contributed by atoms with Crippen molar-refractivity contribution in [2.45, 2.75) is 51.4 Å². The Morgan fingerprint density at radius 1 is 1.22 bits per heavy atom. The molecule has 0 unspecified atom stereocenters. The molecule has 2 fully saturated rings. The lowest BCUT2D eigenvalue weighted by molar-refractivity contribution is -0.0440. The van der Waals surface area contributed by atoms with Gasteiger partial charge in [0, 0.05) is 19.1 Å². The van der Waals surface area contributed by atoms with Gasteiger partial charge < -0.3 is 10.1 Å². The molecule has 6 heteroatoms. The summed E-state index contributed by atoms with van der Waals surface area (Å²) in [5.41, 5.74) is 0. The monoisotopic (exact) mass is 276 g/mol. The van der Waals surface area contributed by atoms with Crippen LogP contribution in [0.5, 0.6) is 0 Å². The lowest BCUT2D eigenvalue weighted by atomic mass is 10.3. The van der Waals surface area contributed by atoms with E-state index in [4.69, 9.17) is 4.74 Å². The Morgan fingerprint density at radius 3 is 2.39 bits per heavy atom. The highest BCUT2D eigenvalue weighted by Crippen LogP contribution is 2.19. The Hall–Kier alpha value is -0.170. The maximum absolute atomic E-state index is 12.2. The van der Waals surface area contributed by atoms with E-state index in [1.807, 2.05) is 13.8 Å². The van der Waals surface area contributed by atoms with Crippen molar-refractivity contribution in [1.29, 1.82) is 0 Å². The van der Waals surface area contributed by atoms with Crippen molar-refractivity contribution < 1.29 is 13.2 Å². The lowest BCUT2D eigenvalue weighted by Crippen LogP contribution is -2.48. The minimum absolute atomic E-state index is 0.00638. The molecule has 0 radical (unpaired) electrons. The van der Waals surface area contributed by atoms with Crippen LogP contribution in [0.1, 0.15) is 33.1 Å². The summed E-state index contributed by atoms with van der Waals surface area (Å²) >= 11 is 0. The van der Waals surface area contributed by atoms with E-state index in [2.05, 4.69) is 5.32 Å². The van der Waals surface area contributed by atoms with Crippen LogP contribution in [0.25, 0.3) is 0 Å². The SMILES string of the molecule is C[C@@H]1CN(S(=O)(=O)CCCNC2CC2)C[C@H](C)O1. The molecule has 2 rings (SSSR count). The maximum Gasteiger partial charge on any atom is 0.214 e. The van der Waals surface area contributed by atoms with Gasteiger partial charge in [-0.05, 0) is 39.7 Å². The molecule has 18 heavy (non-hydrogen) atoms. The van der Waals surface area contributed by atoms with E-state index in [9.17, 15) is 8.42 Å². The fourth-order valence-corrected chi connectivity index (χ4v) is 3.98. The summed E-state index contributed by atoms with van der Waals surface area (Å²) in [6.45, 7) is 5.63. The second kappa shape index (κ2) is 5.86. The third kappa shape index (κ3) is 4.19. The van der Waals surface area contributed by atoms with Crippen molar-refractivity contribution in [2.75, 3.05) is 25.4 Å². The van der Waals surface area contributed by atoms with Gasteiger partial charge in [0.25, 0.3) is 0 Å². The maximum atomic E-state index is 12.2. The van der Waals surface area contributed by atoms with E-state index < -0.39 is 10.0 Å². The largest absolute Gasteiger partial charge is 0.373 e. The topological polar surface area (TPSA) is 58.6 Å². The Bertz CT molecular complexity index is 358. The predicted molar refractivity (Wildman–Crippen MR) is 71.0 cm³/mol. The van der Waals surface area contributed by atoms with Crippen molar-refractivity contribution in [3.05, 3.63) is 0 Å². The average Bonchev–Trinajstić information content (AvgIpc) is 3.07. The zero-order valence-corrected chi connectivity index (χ0v) is 12.1. The second-order valence-corrected chi connectivity index (χ2v) is 7.56. The van der Waals surface area contributed by atoms with Crippen LogP contribution in [0.15, 0.2) is 0 Å². The molecular weight excluding hydrogens is 252 g/mol. The van der Waals surface area contributed by atoms with Crippen LogP contribution in [-0.4, -0.2) is 56.4 Å². The molecule has 2 aliphatic rings. The molecule has 1 saturated carbocycles. The standard InChI is InChI=1S/C12H24N2O3S/c1-10-8-14(9-11(2)17-10)18(15,16)7-3-6-13-12-4-5-12/h10-13H,3-9H2,1-2H3/t10-,11+. The third-order valence-electron chi connectivity index (χ3n) is 3.37. The Morgan fingerprint density at radius 2 is 1.83 bits per heavy atom. The van der Waals surface area contributed by atoms with E-state index in [0.29, 0.717) is 25.6 Å². The van der Waals surface area contributed by atoms with Gasteiger partial charge >= 0.3 is 0 Å². The molecule has 0 bridgehead atoms. The number of rotatable bonds is 6. The van der Waals surface area contributed by atoms with Gasteiger partial charge in [0.15, 0.2) is 0 Å². The fourth-order valence-electron chi connectivity index (χ4n) is 2.34. The van der Waals surface area contributed by atoms with Crippen LogP contribution in [0, 0.1) is 0 Å². The minimum atomic E-state index is -3.11. The van der Waals surface area contributed by atoms with Gasteiger partial charge in [0.05, 0.1) is 18.0 Å². The highest BCUT2D eigenvalue weighted by molar-refractivity contribution is 7.89. The zero-order chi connectivity index (χ0) is 13.2. The summed E-state index contributed by atoms with van der Waals surface area (Å²) in [5, 5.41) is 3.34. The highest BCUT2D eigenvalue weighted by atomic mass is 32.2. The van der Waals surface area contributed by atoms with Gasteiger partial charge in [-0.2, -0.15) is 4.31 Å². The Kier molecular flexibility index (Phi) is 4.64. The molecule has 1 aliphatic heterocycles. The number of hydrogen-bond donors (Lipinski definition) is 1. The van der Waals surface area contributed by atoms with Crippen LogP contribution >= 0.6 is 0 Å². The molecule has 2 atom stereocenters. The number of nitrogens with zero attached hydrogens (tertiary/aromatic N) is 1. The first-order valence-electron chi connectivity index (χ1n) is 6.84. The van der Waals surface area contributed by atoms with Crippen LogP contribution in [0.4, 0.5) is 0 Å². The summed E-state index contributed by atoms with van der Waals surface area (Å²) in [4.78, 5) is 0. The molecule has 0 spiro atoms. The molecule has 0 aromatic rings. The van der Waals surface area contributed by atoms with Gasteiger partial charge in [-0.3, -0.25) is 0 Å². The molecule has 5 nitrogen and oxygen atoms in total. The number of sulfonamides is 1. The first kappa shape index (κ1) is 14.2. The van der Waals surface area contributed by atoms with Crippen molar-refractivity contribution in [1.82, 2.24) is 9.62 Å². The van der Waals surface area contributed by atoms with Gasteiger partial charge in [-0.15, -0.1) is 0 Å². The molecular formula is C12H24N2O3S. The van der Waals surface area contributed by atoms with Crippen molar-refractivity contribution in [2.24, 2.45) is 0 Å². The molecule has 1 heterocycles. The molecule has 0 aromatic carbocycles. The van der Waals surface area contributed by atoms with E-state index in [1.54, 1.807) is 4.31 Å². The summed E-state index contributed by atoms with van der Waals surface area (Å²) in [6, 6.07) is 0.649. The number of hydrogen-bond acceptors (Lipinski definition) is 4. The normalized spacial score (nSPS) is 30.6. The van der Waals surface area contributed by atoms with Crippen LogP contribution in [0.3, 0.4) is 0 Å². The first-order valence-corrected chi connectivity index (χ1v) is 8.45. The van der Waals surface area contributed by atoms with Crippen molar-refractivity contribution >= 4 is 10.0 Å². The summed E-state index contributed by atoms with van der Waals surface area (Å²) in [6.07, 6.45) is 3.16. The Balaban J connectivity index is 1.77. The fraction of sp³-hybridized carbons (Fsp3) is 1.00. The summed E-state index contributed by atoms with van der Waals surface area (Å²) < 4.78 is 31.5. The van der Waals surface area contributed by atoms with Crippen LogP contribution in [0.2, 0.25) is 0 Å². The molecule has 1 saturated heterocycles. The first-order chi connectivity index (χ1) is 8.47. The van der Waals surface area contributed by atoms with E-state index in [0.717, 1.165) is 6.54 Å². The highest BCUT2D eigenvalue weighted by Gasteiger charge is 2.30. The average molecular weight is 276 g/mol. The van der Waals surface area contributed by atoms with Gasteiger partial charge in [0.1, 0.15) is 0 Å². The number of ether oxygens (including phenoxy) is 1. The van der Waals surface area contributed by atoms with E-state index in [1.165, 1.54) is 12.8 Å². The summed E-state index contributed by atoms with van der Waals surface area (Å²) in [5.74, 6) is 0.242. The van der Waals surface area contributed by atoms with Crippen molar-refractivity contribution in [3.63, 3.8) is 0 Å². The quantitative estimate of drug-likeness (QED) is 0.721. The van der Waals surface area contributed by atoms with Gasteiger partial charge in [0.2, 0.25) is 10.0 Å². The van der Waals surface area contributed by atoms with Crippen LogP contribution in [-0.2, 0) is 14.8 Å². The molecule has 1 N–H and O–H groups in total. The van der Waals surface area contributed by atoms with Gasteiger partial charge in [-0.1, -0.05) is 0 Å². The van der Waals surface area contributed by atoms with Crippen LogP contribution < -0.4 is 5.32 Å². The molecule has 0 amide bonds. The molecule has 0 aromatic heterocycles. The number of nitrogens with one attached hydrogen (secondary N) is 1. The predicted octanol–water partition coefficient (Wildman–Crippen LogP) is 0.568. The Labute approximate surface area is 110 Å².